The first-order valence-electron chi connectivity index (χ1n) is 18.3. The molecule has 1 amide bonds. The third-order valence-electron chi connectivity index (χ3n) is 8.54. The van der Waals surface area contributed by atoms with Crippen molar-refractivity contribution in [3.63, 3.8) is 0 Å². The molecule has 1 rings (SSSR count). The Morgan fingerprint density at radius 2 is 1.28 bits per heavy atom. The van der Waals surface area contributed by atoms with Crippen molar-refractivity contribution in [3.05, 3.63) is 36.5 Å². The van der Waals surface area contributed by atoms with E-state index in [0.29, 0.717) is 12.8 Å². The lowest BCUT2D eigenvalue weighted by Crippen LogP contribution is -2.60. The predicted molar refractivity (Wildman–Crippen MR) is 186 cm³/mol. The summed E-state index contributed by atoms with van der Waals surface area (Å²) in [6.07, 6.45) is 21.1. The Morgan fingerprint density at radius 3 is 1.91 bits per heavy atom. The molecule has 8 atom stereocenters. The minimum absolute atomic E-state index is 0.281. The second-order valence-corrected chi connectivity index (χ2v) is 12.8. The van der Waals surface area contributed by atoms with E-state index in [9.17, 15) is 35.4 Å². The maximum atomic E-state index is 12.9. The number of amides is 1. The van der Waals surface area contributed by atoms with E-state index in [1.165, 1.54) is 57.8 Å². The van der Waals surface area contributed by atoms with Crippen LogP contribution in [0, 0.1) is 0 Å². The van der Waals surface area contributed by atoms with Crippen molar-refractivity contribution in [2.45, 2.75) is 178 Å². The largest absolute Gasteiger partial charge is 0.394 e. The van der Waals surface area contributed by atoms with Gasteiger partial charge in [-0.1, -0.05) is 115 Å². The van der Waals surface area contributed by atoms with Gasteiger partial charge in [-0.05, 0) is 51.4 Å². The van der Waals surface area contributed by atoms with Crippen LogP contribution >= 0.6 is 0 Å². The first-order chi connectivity index (χ1) is 22.8. The van der Waals surface area contributed by atoms with Crippen LogP contribution in [0.25, 0.3) is 0 Å². The highest BCUT2D eigenvalue weighted by molar-refractivity contribution is 5.80. The lowest BCUT2D eigenvalue weighted by atomic mass is 9.99. The molecule has 1 fully saturated rings. The Labute approximate surface area is 284 Å². The fourth-order valence-corrected chi connectivity index (χ4v) is 5.39. The average Bonchev–Trinajstić information content (AvgIpc) is 3.07. The van der Waals surface area contributed by atoms with E-state index >= 15 is 0 Å². The summed E-state index contributed by atoms with van der Waals surface area (Å²) in [6.45, 7) is 3.46. The van der Waals surface area contributed by atoms with Gasteiger partial charge in [0.25, 0.3) is 0 Å². The van der Waals surface area contributed by atoms with Crippen LogP contribution in [0.5, 0.6) is 0 Å². The second-order valence-electron chi connectivity index (χ2n) is 12.8. The number of allylic oxidation sites excluding steroid dienone is 5. The summed E-state index contributed by atoms with van der Waals surface area (Å²) in [7, 11) is 0. The molecule has 10 nitrogen and oxygen atoms in total. The molecule has 0 aromatic carbocycles. The molecule has 0 aromatic rings. The van der Waals surface area contributed by atoms with Gasteiger partial charge in [0.05, 0.1) is 25.4 Å². The molecule has 7 N–H and O–H groups in total. The van der Waals surface area contributed by atoms with Gasteiger partial charge >= 0.3 is 0 Å². The number of carbonyl (C=O) groups excluding carboxylic acids is 1. The van der Waals surface area contributed by atoms with Crippen molar-refractivity contribution in [2.75, 3.05) is 13.2 Å². The van der Waals surface area contributed by atoms with Crippen LogP contribution in [0.3, 0.4) is 0 Å². The molecule has 10 heteroatoms. The van der Waals surface area contributed by atoms with Gasteiger partial charge < -0.3 is 45.4 Å². The van der Waals surface area contributed by atoms with Crippen molar-refractivity contribution >= 4 is 5.91 Å². The number of nitrogens with one attached hydrogen (secondary N) is 1. The number of rotatable bonds is 28. The minimum Gasteiger partial charge on any atom is -0.394 e. The van der Waals surface area contributed by atoms with Gasteiger partial charge in [-0.25, -0.2) is 0 Å². The van der Waals surface area contributed by atoms with Crippen LogP contribution < -0.4 is 5.32 Å². The van der Waals surface area contributed by atoms with Crippen molar-refractivity contribution in [1.29, 1.82) is 0 Å². The molecule has 0 bridgehead atoms. The molecule has 1 heterocycles. The topological polar surface area (TPSA) is 169 Å². The highest BCUT2D eigenvalue weighted by Gasteiger charge is 2.44. The monoisotopic (exact) mass is 669 g/mol. The average molecular weight is 670 g/mol. The van der Waals surface area contributed by atoms with Gasteiger partial charge in [0.2, 0.25) is 5.91 Å². The van der Waals surface area contributed by atoms with Gasteiger partial charge in [-0.2, -0.15) is 0 Å². The fourth-order valence-electron chi connectivity index (χ4n) is 5.39. The molecular weight excluding hydrogens is 602 g/mol. The Kier molecular flexibility index (Phi) is 26.1. The first kappa shape index (κ1) is 43.4. The third kappa shape index (κ3) is 19.8. The zero-order valence-corrected chi connectivity index (χ0v) is 29.1. The zero-order valence-electron chi connectivity index (χ0n) is 29.1. The molecule has 1 aliphatic heterocycles. The van der Waals surface area contributed by atoms with E-state index in [2.05, 4.69) is 43.5 Å². The summed E-state index contributed by atoms with van der Waals surface area (Å²) in [5.74, 6) is -0.646. The SMILES string of the molecule is CCCC/C=C\CCCCCC(O)C(=O)NC(COC1OC(CO)C(O)C(O)C1O)C(O)/C=C/CC/C=C/CCCCCCCCC. The molecule has 1 aliphatic rings. The summed E-state index contributed by atoms with van der Waals surface area (Å²) < 4.78 is 11.0. The third-order valence-corrected chi connectivity index (χ3v) is 8.54. The highest BCUT2D eigenvalue weighted by Crippen LogP contribution is 2.22. The Morgan fingerprint density at radius 1 is 0.723 bits per heavy atom. The lowest BCUT2D eigenvalue weighted by Gasteiger charge is -2.40. The van der Waals surface area contributed by atoms with E-state index in [4.69, 9.17) is 9.47 Å². The molecule has 0 radical (unpaired) electrons. The van der Waals surface area contributed by atoms with E-state index < -0.39 is 61.5 Å². The van der Waals surface area contributed by atoms with Gasteiger partial charge in [0.1, 0.15) is 30.5 Å². The van der Waals surface area contributed by atoms with Crippen LogP contribution in [0.2, 0.25) is 0 Å². The molecular formula is C37H67NO9. The Bertz CT molecular complexity index is 850. The summed E-state index contributed by atoms with van der Waals surface area (Å²) in [5, 5.41) is 64.0. The molecule has 1 saturated heterocycles. The highest BCUT2D eigenvalue weighted by atomic mass is 16.7. The van der Waals surface area contributed by atoms with Gasteiger partial charge in [-0.3, -0.25) is 4.79 Å². The molecule has 0 saturated carbocycles. The Hall–Kier alpha value is -1.63. The van der Waals surface area contributed by atoms with Gasteiger partial charge in [0, 0.05) is 0 Å². The normalized spacial score (nSPS) is 24.0. The molecule has 8 unspecified atom stereocenters. The lowest BCUT2D eigenvalue weighted by molar-refractivity contribution is -0.302. The van der Waals surface area contributed by atoms with E-state index in [1.807, 2.05) is 6.08 Å². The fraction of sp³-hybridized carbons (Fsp3) is 0.811. The van der Waals surface area contributed by atoms with E-state index in [0.717, 1.165) is 38.5 Å². The summed E-state index contributed by atoms with van der Waals surface area (Å²) >= 11 is 0. The molecule has 274 valence electrons. The van der Waals surface area contributed by atoms with Gasteiger partial charge in [-0.15, -0.1) is 0 Å². The zero-order chi connectivity index (χ0) is 34.7. The van der Waals surface area contributed by atoms with Crippen molar-refractivity contribution in [1.82, 2.24) is 5.32 Å². The van der Waals surface area contributed by atoms with E-state index in [-0.39, 0.29) is 13.0 Å². The van der Waals surface area contributed by atoms with Crippen LogP contribution in [0.4, 0.5) is 0 Å². The second kappa shape index (κ2) is 28.2. The number of hydrogen-bond donors (Lipinski definition) is 7. The minimum atomic E-state index is -1.61. The Balaban J connectivity index is 2.61. The van der Waals surface area contributed by atoms with Crippen LogP contribution in [0.1, 0.15) is 129 Å². The number of aliphatic hydroxyl groups excluding tert-OH is 6. The maximum Gasteiger partial charge on any atom is 0.249 e. The molecule has 0 spiro atoms. The number of hydrogen-bond acceptors (Lipinski definition) is 9. The number of aliphatic hydroxyl groups is 6. The van der Waals surface area contributed by atoms with Gasteiger partial charge in [0.15, 0.2) is 6.29 Å². The molecule has 0 aliphatic carbocycles. The van der Waals surface area contributed by atoms with Crippen LogP contribution in [-0.4, -0.2) is 98.7 Å². The quantitative estimate of drug-likeness (QED) is 0.0460. The predicted octanol–water partition coefficient (Wildman–Crippen LogP) is 4.74. The summed E-state index contributed by atoms with van der Waals surface area (Å²) in [6, 6.07) is -0.998. The van der Waals surface area contributed by atoms with Crippen molar-refractivity contribution in [2.24, 2.45) is 0 Å². The van der Waals surface area contributed by atoms with Crippen molar-refractivity contribution in [3.8, 4) is 0 Å². The number of carbonyl (C=O) groups is 1. The first-order valence-corrected chi connectivity index (χ1v) is 18.3. The van der Waals surface area contributed by atoms with Crippen LogP contribution in [-0.2, 0) is 14.3 Å². The van der Waals surface area contributed by atoms with Crippen LogP contribution in [0.15, 0.2) is 36.5 Å². The molecule has 47 heavy (non-hydrogen) atoms. The number of ether oxygens (including phenoxy) is 2. The van der Waals surface area contributed by atoms with E-state index in [1.54, 1.807) is 6.08 Å². The number of unbranched alkanes of at least 4 members (excludes halogenated alkanes) is 13. The maximum absolute atomic E-state index is 12.9. The van der Waals surface area contributed by atoms with Crippen molar-refractivity contribution < 1.29 is 44.9 Å². The summed E-state index contributed by atoms with van der Waals surface area (Å²) in [5.41, 5.74) is 0. The molecule has 0 aromatic heterocycles. The smallest absolute Gasteiger partial charge is 0.249 e. The summed E-state index contributed by atoms with van der Waals surface area (Å²) in [4.78, 5) is 12.9. The standard InChI is InChI=1S/C37H67NO9/c1-3-5-7-9-11-13-14-15-16-18-19-21-23-25-30(40)29(28-46-37-35(44)34(43)33(42)32(27-39)47-37)38-36(45)31(41)26-24-22-20-17-12-10-8-6-4-2/h10,12,16,18,23,25,29-35,37,39-44H,3-9,11,13-15,17,19-22,24,26-28H2,1-2H3,(H,38,45)/b12-10-,18-16+,25-23+.